The van der Waals surface area contributed by atoms with Gasteiger partial charge < -0.3 is 0 Å². The first kappa shape index (κ1) is 20.7. The van der Waals surface area contributed by atoms with Crippen LogP contribution in [0.15, 0.2) is 48.5 Å². The minimum Gasteiger partial charge on any atom is -0.198 e. The van der Waals surface area contributed by atoms with Crippen LogP contribution in [0.5, 0.6) is 0 Å². The standard InChI is InChI=1S/C27H35N/c1-3-4-5-9-23-10-14-25(15-11-23)26-16-12-24(13-17-26)18-20-27(21-28)19-7-6-8-22(27)2/h10-17,22H,3-9,18-20H2,1-2H3. The number of nitriles is 1. The second-order valence-electron chi connectivity index (χ2n) is 8.77. The summed E-state index contributed by atoms with van der Waals surface area (Å²) in [6.07, 6.45) is 11.9. The van der Waals surface area contributed by atoms with Gasteiger partial charge in [-0.1, -0.05) is 88.1 Å². The Balaban J connectivity index is 1.59. The molecule has 1 aliphatic rings. The Kier molecular flexibility index (Phi) is 7.32. The number of benzene rings is 2. The van der Waals surface area contributed by atoms with Gasteiger partial charge in [-0.15, -0.1) is 0 Å². The molecular formula is C27H35N. The second kappa shape index (κ2) is 9.92. The van der Waals surface area contributed by atoms with Gasteiger partial charge >= 0.3 is 0 Å². The van der Waals surface area contributed by atoms with E-state index in [9.17, 15) is 5.26 Å². The smallest absolute Gasteiger partial charge is 0.0692 e. The van der Waals surface area contributed by atoms with Crippen LogP contribution in [0.3, 0.4) is 0 Å². The maximum Gasteiger partial charge on any atom is 0.0692 e. The van der Waals surface area contributed by atoms with Crippen molar-refractivity contribution >= 4 is 0 Å². The lowest BCUT2D eigenvalue weighted by Crippen LogP contribution is -2.31. The van der Waals surface area contributed by atoms with E-state index in [4.69, 9.17) is 0 Å². The maximum absolute atomic E-state index is 9.82. The molecule has 0 N–H and O–H groups in total. The lowest BCUT2D eigenvalue weighted by Gasteiger charge is -2.37. The Morgan fingerprint density at radius 3 is 2.04 bits per heavy atom. The molecule has 2 unspecified atom stereocenters. The summed E-state index contributed by atoms with van der Waals surface area (Å²) >= 11 is 0. The van der Waals surface area contributed by atoms with E-state index in [0.717, 1.165) is 19.3 Å². The summed E-state index contributed by atoms with van der Waals surface area (Å²) in [5.41, 5.74) is 5.26. The first-order valence-corrected chi connectivity index (χ1v) is 11.3. The lowest BCUT2D eigenvalue weighted by molar-refractivity contribution is 0.162. The highest BCUT2D eigenvalue weighted by Crippen LogP contribution is 2.44. The molecule has 0 amide bonds. The summed E-state index contributed by atoms with van der Waals surface area (Å²) in [4.78, 5) is 0. The minimum absolute atomic E-state index is 0.107. The van der Waals surface area contributed by atoms with E-state index in [1.165, 1.54) is 67.2 Å². The van der Waals surface area contributed by atoms with Crippen molar-refractivity contribution in [1.29, 1.82) is 5.26 Å². The third kappa shape index (κ3) is 5.05. The number of hydrogen-bond acceptors (Lipinski definition) is 1. The Labute approximate surface area is 171 Å². The van der Waals surface area contributed by atoms with Gasteiger partial charge in [0.15, 0.2) is 0 Å². The van der Waals surface area contributed by atoms with Gasteiger partial charge in [-0.05, 0) is 66.7 Å². The number of hydrogen-bond donors (Lipinski definition) is 0. The summed E-state index contributed by atoms with van der Waals surface area (Å²) in [6.45, 7) is 4.53. The van der Waals surface area contributed by atoms with Crippen LogP contribution >= 0.6 is 0 Å². The Bertz CT molecular complexity index is 765. The molecule has 1 saturated carbocycles. The fourth-order valence-electron chi connectivity index (χ4n) is 4.68. The average molecular weight is 374 g/mol. The molecule has 0 heterocycles. The fourth-order valence-corrected chi connectivity index (χ4v) is 4.68. The van der Waals surface area contributed by atoms with E-state index in [2.05, 4.69) is 68.4 Å². The number of rotatable bonds is 8. The number of unbranched alkanes of at least 4 members (excludes halogenated alkanes) is 2. The van der Waals surface area contributed by atoms with Crippen LogP contribution in [-0.2, 0) is 12.8 Å². The van der Waals surface area contributed by atoms with E-state index >= 15 is 0 Å². The van der Waals surface area contributed by atoms with E-state index in [-0.39, 0.29) is 5.41 Å². The third-order valence-electron chi connectivity index (χ3n) is 6.85. The highest BCUT2D eigenvalue weighted by Gasteiger charge is 2.37. The van der Waals surface area contributed by atoms with E-state index in [1.54, 1.807) is 0 Å². The van der Waals surface area contributed by atoms with Gasteiger partial charge in [0.1, 0.15) is 0 Å². The normalized spacial score (nSPS) is 22.0. The molecule has 0 aromatic heterocycles. The van der Waals surface area contributed by atoms with Crippen molar-refractivity contribution in [2.45, 2.75) is 78.1 Å². The summed E-state index contributed by atoms with van der Waals surface area (Å²) in [7, 11) is 0. The zero-order valence-electron chi connectivity index (χ0n) is 17.7. The zero-order valence-corrected chi connectivity index (χ0v) is 17.7. The summed E-state index contributed by atoms with van der Waals surface area (Å²) < 4.78 is 0. The molecule has 1 fully saturated rings. The first-order chi connectivity index (χ1) is 13.7. The van der Waals surface area contributed by atoms with Crippen LogP contribution in [0.25, 0.3) is 11.1 Å². The van der Waals surface area contributed by atoms with Crippen molar-refractivity contribution in [2.75, 3.05) is 0 Å². The summed E-state index contributed by atoms with van der Waals surface area (Å²) in [5, 5.41) is 9.82. The molecule has 1 nitrogen and oxygen atoms in total. The fraction of sp³-hybridized carbons (Fsp3) is 0.519. The van der Waals surface area contributed by atoms with Crippen LogP contribution in [0.1, 0.15) is 76.3 Å². The van der Waals surface area contributed by atoms with Crippen molar-refractivity contribution in [1.82, 2.24) is 0 Å². The molecule has 3 rings (SSSR count). The second-order valence-corrected chi connectivity index (χ2v) is 8.77. The highest BCUT2D eigenvalue weighted by molar-refractivity contribution is 5.64. The number of aryl methyl sites for hydroxylation is 2. The van der Waals surface area contributed by atoms with Crippen LogP contribution < -0.4 is 0 Å². The van der Waals surface area contributed by atoms with Crippen molar-refractivity contribution in [2.24, 2.45) is 11.3 Å². The van der Waals surface area contributed by atoms with Crippen molar-refractivity contribution in [3.05, 3.63) is 59.7 Å². The molecule has 1 heteroatoms. The van der Waals surface area contributed by atoms with Crippen LogP contribution in [0, 0.1) is 22.7 Å². The molecule has 0 spiro atoms. The summed E-state index contributed by atoms with van der Waals surface area (Å²) in [5.74, 6) is 0.529. The molecule has 2 aromatic carbocycles. The molecular weight excluding hydrogens is 338 g/mol. The van der Waals surface area contributed by atoms with E-state index in [0.29, 0.717) is 5.92 Å². The van der Waals surface area contributed by atoms with Gasteiger partial charge in [-0.2, -0.15) is 5.26 Å². The van der Waals surface area contributed by atoms with Gasteiger partial charge in [0, 0.05) is 0 Å². The van der Waals surface area contributed by atoms with Gasteiger partial charge in [0.25, 0.3) is 0 Å². The predicted octanol–water partition coefficient (Wildman–Crippen LogP) is 7.74. The summed E-state index contributed by atoms with van der Waals surface area (Å²) in [6, 6.07) is 20.8. The zero-order chi connectivity index (χ0) is 19.8. The minimum atomic E-state index is -0.107. The van der Waals surface area contributed by atoms with Crippen molar-refractivity contribution < 1.29 is 0 Å². The molecule has 2 atom stereocenters. The lowest BCUT2D eigenvalue weighted by atomic mass is 9.65. The molecule has 0 aliphatic heterocycles. The van der Waals surface area contributed by atoms with Crippen molar-refractivity contribution in [3.8, 4) is 17.2 Å². The third-order valence-corrected chi connectivity index (χ3v) is 6.85. The van der Waals surface area contributed by atoms with Crippen LogP contribution in [-0.4, -0.2) is 0 Å². The van der Waals surface area contributed by atoms with Gasteiger partial charge in [-0.3, -0.25) is 0 Å². The van der Waals surface area contributed by atoms with E-state index < -0.39 is 0 Å². The molecule has 0 radical (unpaired) electrons. The quantitative estimate of drug-likeness (QED) is 0.434. The Morgan fingerprint density at radius 2 is 1.50 bits per heavy atom. The van der Waals surface area contributed by atoms with E-state index in [1.807, 2.05) is 0 Å². The molecule has 148 valence electrons. The molecule has 2 aromatic rings. The average Bonchev–Trinajstić information content (AvgIpc) is 2.75. The monoisotopic (exact) mass is 373 g/mol. The van der Waals surface area contributed by atoms with Gasteiger partial charge in [-0.25, -0.2) is 0 Å². The first-order valence-electron chi connectivity index (χ1n) is 11.3. The topological polar surface area (TPSA) is 23.8 Å². The molecule has 1 aliphatic carbocycles. The molecule has 28 heavy (non-hydrogen) atoms. The van der Waals surface area contributed by atoms with Gasteiger partial charge in [0.05, 0.1) is 11.5 Å². The Morgan fingerprint density at radius 1 is 0.893 bits per heavy atom. The Hall–Kier alpha value is -2.07. The maximum atomic E-state index is 9.82. The molecule has 0 bridgehead atoms. The highest BCUT2D eigenvalue weighted by atomic mass is 14.4. The van der Waals surface area contributed by atoms with Crippen molar-refractivity contribution in [3.63, 3.8) is 0 Å². The predicted molar refractivity (Wildman–Crippen MR) is 119 cm³/mol. The molecule has 0 saturated heterocycles. The van der Waals surface area contributed by atoms with Crippen LogP contribution in [0.2, 0.25) is 0 Å². The SMILES string of the molecule is CCCCCc1ccc(-c2ccc(CCC3(C#N)CCCCC3C)cc2)cc1. The number of nitrogens with zero attached hydrogens (tertiary/aromatic N) is 1. The van der Waals surface area contributed by atoms with Gasteiger partial charge in [0.2, 0.25) is 0 Å². The largest absolute Gasteiger partial charge is 0.198 e. The van der Waals surface area contributed by atoms with Crippen LogP contribution in [0.4, 0.5) is 0 Å².